The normalized spacial score (nSPS) is 11.6. The Labute approximate surface area is 218 Å². The van der Waals surface area contributed by atoms with Gasteiger partial charge in [-0.1, -0.05) is 56.2 Å². The fraction of sp³-hybridized carbons (Fsp3) is 0.276. The molecule has 8 heteroatoms. The van der Waals surface area contributed by atoms with Gasteiger partial charge in [-0.2, -0.15) is 0 Å². The van der Waals surface area contributed by atoms with E-state index in [9.17, 15) is 13.2 Å². The Hall–Kier alpha value is -3.62. The Balaban J connectivity index is 1.49. The van der Waals surface area contributed by atoms with Crippen molar-refractivity contribution < 1.29 is 13.2 Å². The third-order valence-electron chi connectivity index (χ3n) is 6.47. The molecule has 0 atom stereocenters. The van der Waals surface area contributed by atoms with Crippen LogP contribution in [0.25, 0.3) is 10.9 Å². The van der Waals surface area contributed by atoms with Gasteiger partial charge < -0.3 is 16.0 Å². The van der Waals surface area contributed by atoms with Crippen molar-refractivity contribution in [1.82, 2.24) is 9.71 Å². The number of aromatic nitrogens is 1. The van der Waals surface area contributed by atoms with E-state index in [-0.39, 0.29) is 17.3 Å². The number of sulfonamides is 1. The van der Waals surface area contributed by atoms with Crippen LogP contribution in [0.5, 0.6) is 0 Å². The monoisotopic (exact) mass is 518 g/mol. The van der Waals surface area contributed by atoms with Gasteiger partial charge in [-0.15, -0.1) is 0 Å². The minimum absolute atomic E-state index is 0.148. The smallest absolute Gasteiger partial charge is 0.272 e. The molecule has 4 aromatic rings. The van der Waals surface area contributed by atoms with Gasteiger partial charge in [0.05, 0.1) is 16.3 Å². The van der Waals surface area contributed by atoms with Gasteiger partial charge in [0.2, 0.25) is 10.0 Å². The number of aryl methyl sites for hydroxylation is 2. The van der Waals surface area contributed by atoms with Crippen molar-refractivity contribution in [3.63, 3.8) is 0 Å². The summed E-state index contributed by atoms with van der Waals surface area (Å²) in [6.07, 6.45) is 4.69. The van der Waals surface area contributed by atoms with E-state index in [2.05, 4.69) is 21.9 Å². The topological polar surface area (TPSA) is 117 Å². The van der Waals surface area contributed by atoms with E-state index in [4.69, 9.17) is 5.73 Å². The summed E-state index contributed by atoms with van der Waals surface area (Å²) >= 11 is 0. The maximum Gasteiger partial charge on any atom is 0.272 e. The van der Waals surface area contributed by atoms with Crippen LogP contribution in [-0.4, -0.2) is 25.9 Å². The number of carbonyl (C=O) groups excluding carboxylic acids is 1. The first kappa shape index (κ1) is 26.4. The van der Waals surface area contributed by atoms with Crippen LogP contribution in [0.3, 0.4) is 0 Å². The number of nitrogens with one attached hydrogen (secondary N) is 3. The fourth-order valence-corrected chi connectivity index (χ4v) is 5.46. The number of nitrogens with two attached hydrogens (primary N) is 1. The lowest BCUT2D eigenvalue weighted by Crippen LogP contribution is -2.26. The molecule has 3 aromatic carbocycles. The Bertz CT molecular complexity index is 1490. The van der Waals surface area contributed by atoms with E-state index in [1.165, 1.54) is 0 Å². The second-order valence-electron chi connectivity index (χ2n) is 9.32. The largest absolute Gasteiger partial charge is 0.397 e. The van der Waals surface area contributed by atoms with Gasteiger partial charge in [-0.05, 0) is 73.2 Å². The van der Waals surface area contributed by atoms with Gasteiger partial charge in [0, 0.05) is 17.4 Å². The van der Waals surface area contributed by atoms with E-state index in [1.807, 2.05) is 55.5 Å². The summed E-state index contributed by atoms with van der Waals surface area (Å²) < 4.78 is 28.5. The van der Waals surface area contributed by atoms with Crippen LogP contribution in [0.4, 0.5) is 11.4 Å². The zero-order valence-corrected chi connectivity index (χ0v) is 22.1. The third-order valence-corrected chi connectivity index (χ3v) is 7.94. The van der Waals surface area contributed by atoms with Gasteiger partial charge in [0.15, 0.2) is 0 Å². The second kappa shape index (κ2) is 11.6. The standard InChI is InChI=1S/C29H34N4O3S/c1-3-4-5-8-21-12-14-22(15-13-21)37(35,36)31-18-17-24-23-9-6-7-10-26(23)32-28(24)29(34)33-27-19-20(2)11-16-25(27)30/h6-7,9-16,19,31-32H,3-5,8,17-18,30H2,1-2H3,(H,33,34). The molecule has 0 saturated carbocycles. The number of carbonyl (C=O) groups is 1. The Morgan fingerprint density at radius 2 is 1.73 bits per heavy atom. The molecule has 4 rings (SSSR count). The van der Waals surface area contributed by atoms with E-state index in [1.54, 1.807) is 18.2 Å². The predicted molar refractivity (Wildman–Crippen MR) is 150 cm³/mol. The molecule has 0 aliphatic heterocycles. The maximum absolute atomic E-state index is 13.2. The highest BCUT2D eigenvalue weighted by Crippen LogP contribution is 2.26. The molecule has 0 saturated heterocycles. The number of rotatable bonds is 11. The SMILES string of the molecule is CCCCCc1ccc(S(=O)(=O)NCCc2c(C(=O)Nc3cc(C)ccc3N)[nH]c3ccccc23)cc1. The molecule has 194 valence electrons. The van der Waals surface area contributed by atoms with E-state index >= 15 is 0 Å². The molecule has 0 bridgehead atoms. The number of amides is 1. The molecule has 5 N–H and O–H groups in total. The van der Waals surface area contributed by atoms with Crippen molar-refractivity contribution in [3.8, 4) is 0 Å². The number of anilines is 2. The average Bonchev–Trinajstić information content (AvgIpc) is 3.25. The number of H-pyrrole nitrogens is 1. The van der Waals surface area contributed by atoms with E-state index in [0.717, 1.165) is 53.3 Å². The Kier molecular flexibility index (Phi) is 8.31. The number of benzene rings is 3. The van der Waals surface area contributed by atoms with Gasteiger partial charge in [0.1, 0.15) is 5.69 Å². The number of aromatic amines is 1. The first-order valence-corrected chi connectivity index (χ1v) is 14.1. The molecule has 1 amide bonds. The Morgan fingerprint density at radius 3 is 2.49 bits per heavy atom. The molecule has 1 heterocycles. The quantitative estimate of drug-likeness (QED) is 0.153. The number of hydrogen-bond acceptors (Lipinski definition) is 4. The lowest BCUT2D eigenvalue weighted by Gasteiger charge is -2.11. The van der Waals surface area contributed by atoms with Crippen LogP contribution in [0.2, 0.25) is 0 Å². The van der Waals surface area contributed by atoms with Crippen LogP contribution in [0, 0.1) is 6.92 Å². The molecule has 0 aliphatic carbocycles. The molecule has 0 radical (unpaired) electrons. The van der Waals surface area contributed by atoms with Crippen LogP contribution < -0.4 is 15.8 Å². The highest BCUT2D eigenvalue weighted by atomic mass is 32.2. The summed E-state index contributed by atoms with van der Waals surface area (Å²) in [4.78, 5) is 16.7. The van der Waals surface area contributed by atoms with Gasteiger partial charge >= 0.3 is 0 Å². The molecular weight excluding hydrogens is 484 g/mol. The summed E-state index contributed by atoms with van der Waals surface area (Å²) in [5.41, 5.74) is 11.1. The molecule has 0 unspecified atom stereocenters. The van der Waals surface area contributed by atoms with Crippen molar-refractivity contribution in [2.75, 3.05) is 17.6 Å². The predicted octanol–water partition coefficient (Wildman–Crippen LogP) is 5.56. The van der Waals surface area contributed by atoms with Crippen molar-refractivity contribution in [2.24, 2.45) is 0 Å². The molecule has 1 aromatic heterocycles. The third kappa shape index (κ3) is 6.39. The first-order valence-electron chi connectivity index (χ1n) is 12.6. The van der Waals surface area contributed by atoms with E-state index in [0.29, 0.717) is 23.5 Å². The van der Waals surface area contributed by atoms with Crippen molar-refractivity contribution in [1.29, 1.82) is 0 Å². The van der Waals surface area contributed by atoms with Gasteiger partial charge in [-0.3, -0.25) is 4.79 Å². The summed E-state index contributed by atoms with van der Waals surface area (Å²) in [6, 6.07) is 20.1. The molecule has 0 spiro atoms. The van der Waals surface area contributed by atoms with E-state index < -0.39 is 10.0 Å². The molecular formula is C29H34N4O3S. The zero-order chi connectivity index (χ0) is 26.4. The van der Waals surface area contributed by atoms with Crippen molar-refractivity contribution in [2.45, 2.75) is 50.8 Å². The fourth-order valence-electron chi connectivity index (χ4n) is 4.42. The van der Waals surface area contributed by atoms with Crippen molar-refractivity contribution >= 4 is 38.2 Å². The zero-order valence-electron chi connectivity index (χ0n) is 21.3. The number of nitrogen functional groups attached to an aromatic ring is 1. The van der Waals surface area contributed by atoms with Crippen molar-refractivity contribution in [3.05, 3.63) is 89.1 Å². The maximum atomic E-state index is 13.2. The minimum Gasteiger partial charge on any atom is -0.397 e. The second-order valence-corrected chi connectivity index (χ2v) is 11.1. The molecule has 37 heavy (non-hydrogen) atoms. The lowest BCUT2D eigenvalue weighted by atomic mass is 10.1. The summed E-state index contributed by atoms with van der Waals surface area (Å²) in [7, 11) is -3.68. The molecule has 7 nitrogen and oxygen atoms in total. The summed E-state index contributed by atoms with van der Waals surface area (Å²) in [5, 5.41) is 3.77. The van der Waals surface area contributed by atoms with Crippen LogP contribution in [-0.2, 0) is 22.9 Å². The van der Waals surface area contributed by atoms with Crippen LogP contribution >= 0.6 is 0 Å². The highest BCUT2D eigenvalue weighted by molar-refractivity contribution is 7.89. The lowest BCUT2D eigenvalue weighted by molar-refractivity contribution is 0.102. The number of hydrogen-bond donors (Lipinski definition) is 4. The number of fused-ring (bicyclic) bond motifs is 1. The average molecular weight is 519 g/mol. The van der Waals surface area contributed by atoms with Gasteiger partial charge in [-0.25, -0.2) is 13.1 Å². The minimum atomic E-state index is -3.68. The summed E-state index contributed by atoms with van der Waals surface area (Å²) in [5.74, 6) is -0.329. The number of unbranched alkanes of at least 4 members (excludes halogenated alkanes) is 2. The Morgan fingerprint density at radius 1 is 0.973 bits per heavy atom. The molecule has 0 fully saturated rings. The number of para-hydroxylation sites is 1. The van der Waals surface area contributed by atoms with Gasteiger partial charge in [0.25, 0.3) is 5.91 Å². The van der Waals surface area contributed by atoms with Crippen LogP contribution in [0.15, 0.2) is 71.6 Å². The first-order chi connectivity index (χ1) is 17.8. The summed E-state index contributed by atoms with van der Waals surface area (Å²) in [6.45, 7) is 4.23. The van der Waals surface area contributed by atoms with Crippen LogP contribution in [0.1, 0.15) is 53.4 Å². The highest BCUT2D eigenvalue weighted by Gasteiger charge is 2.20. The molecule has 0 aliphatic rings.